The lowest BCUT2D eigenvalue weighted by molar-refractivity contribution is -0.120. The quantitative estimate of drug-likeness (QED) is 0.763. The number of nitrogens with zero attached hydrogens (tertiary/aromatic N) is 1. The maximum absolute atomic E-state index is 12.0. The number of primary amides is 1. The van der Waals surface area contributed by atoms with Crippen molar-refractivity contribution >= 4 is 11.6 Å². The molecule has 3 nitrogen and oxygen atoms in total. The SMILES string of the molecule is CCCCCC[C@@H](C(N)=O)C1=NC(C)(C)Cc2ccccc21. The van der Waals surface area contributed by atoms with E-state index in [1.54, 1.807) is 0 Å². The second-order valence-corrected chi connectivity index (χ2v) is 6.95. The molecule has 1 amide bonds. The van der Waals surface area contributed by atoms with Gasteiger partial charge in [0, 0.05) is 0 Å². The highest BCUT2D eigenvalue weighted by Gasteiger charge is 2.32. The molecule has 0 saturated heterocycles. The summed E-state index contributed by atoms with van der Waals surface area (Å²) in [6.07, 6.45) is 6.30. The molecule has 2 N–H and O–H groups in total. The molecule has 0 radical (unpaired) electrons. The Bertz CT molecular complexity index is 560. The molecule has 0 aliphatic carbocycles. The van der Waals surface area contributed by atoms with Crippen molar-refractivity contribution in [2.24, 2.45) is 16.6 Å². The maximum atomic E-state index is 12.0. The fourth-order valence-corrected chi connectivity index (χ4v) is 3.27. The highest BCUT2D eigenvalue weighted by molar-refractivity contribution is 6.14. The van der Waals surface area contributed by atoms with E-state index in [4.69, 9.17) is 10.7 Å². The number of unbranched alkanes of at least 4 members (excludes halogenated alkanes) is 3. The van der Waals surface area contributed by atoms with Crippen molar-refractivity contribution in [3.8, 4) is 0 Å². The molecule has 120 valence electrons. The lowest BCUT2D eigenvalue weighted by Gasteiger charge is -2.31. The molecule has 1 aromatic carbocycles. The summed E-state index contributed by atoms with van der Waals surface area (Å²) in [7, 11) is 0. The van der Waals surface area contributed by atoms with Crippen LogP contribution in [0.1, 0.15) is 64.0 Å². The van der Waals surface area contributed by atoms with E-state index in [1.807, 2.05) is 6.07 Å². The van der Waals surface area contributed by atoms with Crippen LogP contribution in [0.2, 0.25) is 0 Å². The number of hydrogen-bond donors (Lipinski definition) is 1. The van der Waals surface area contributed by atoms with Gasteiger partial charge in [0.15, 0.2) is 0 Å². The molecule has 1 atom stereocenters. The molecule has 1 aliphatic rings. The van der Waals surface area contributed by atoms with Gasteiger partial charge in [-0.15, -0.1) is 0 Å². The first-order valence-electron chi connectivity index (χ1n) is 8.42. The van der Waals surface area contributed by atoms with Crippen LogP contribution in [0.25, 0.3) is 0 Å². The standard InChI is InChI=1S/C19H28N2O/c1-4-5-6-7-12-16(18(20)22)17-15-11-9-8-10-14(15)13-19(2,3)21-17/h8-11,16H,4-7,12-13H2,1-3H3,(H2,20,22)/t16-/m1/s1. The van der Waals surface area contributed by atoms with Gasteiger partial charge < -0.3 is 5.73 Å². The molecule has 0 aromatic heterocycles. The van der Waals surface area contributed by atoms with E-state index < -0.39 is 0 Å². The van der Waals surface area contributed by atoms with Gasteiger partial charge in [-0.25, -0.2) is 0 Å². The summed E-state index contributed by atoms with van der Waals surface area (Å²) in [6, 6.07) is 8.28. The van der Waals surface area contributed by atoms with Gasteiger partial charge in [-0.05, 0) is 37.8 Å². The summed E-state index contributed by atoms with van der Waals surface area (Å²) in [4.78, 5) is 16.9. The number of aliphatic imine (C=N–C) groups is 1. The molecule has 1 aromatic rings. The molecule has 1 aliphatic heterocycles. The van der Waals surface area contributed by atoms with Crippen LogP contribution in [0.3, 0.4) is 0 Å². The fourth-order valence-electron chi connectivity index (χ4n) is 3.27. The molecule has 0 unspecified atom stereocenters. The van der Waals surface area contributed by atoms with Crippen LogP contribution in [0.15, 0.2) is 29.3 Å². The Hall–Kier alpha value is -1.64. The number of hydrogen-bond acceptors (Lipinski definition) is 2. The zero-order chi connectivity index (χ0) is 16.2. The third kappa shape index (κ3) is 3.96. The number of carbonyl (C=O) groups excluding carboxylic acids is 1. The second kappa shape index (κ2) is 7.08. The van der Waals surface area contributed by atoms with E-state index in [1.165, 1.54) is 18.4 Å². The minimum atomic E-state index is -0.266. The van der Waals surface area contributed by atoms with Crippen molar-refractivity contribution in [3.05, 3.63) is 35.4 Å². The number of carbonyl (C=O) groups is 1. The van der Waals surface area contributed by atoms with E-state index in [2.05, 4.69) is 39.0 Å². The molecular formula is C19H28N2O. The van der Waals surface area contributed by atoms with E-state index in [-0.39, 0.29) is 17.4 Å². The Morgan fingerprint density at radius 2 is 2.00 bits per heavy atom. The molecule has 0 bridgehead atoms. The van der Waals surface area contributed by atoms with Gasteiger partial charge in [0.2, 0.25) is 5.91 Å². The number of amides is 1. The molecule has 0 fully saturated rings. The maximum Gasteiger partial charge on any atom is 0.226 e. The number of nitrogens with two attached hydrogens (primary N) is 1. The monoisotopic (exact) mass is 300 g/mol. The van der Waals surface area contributed by atoms with Gasteiger partial charge in [0.1, 0.15) is 0 Å². The normalized spacial score (nSPS) is 17.5. The zero-order valence-corrected chi connectivity index (χ0v) is 14.1. The zero-order valence-electron chi connectivity index (χ0n) is 14.1. The first-order chi connectivity index (χ1) is 10.4. The van der Waals surface area contributed by atoms with Crippen molar-refractivity contribution in [1.29, 1.82) is 0 Å². The van der Waals surface area contributed by atoms with Crippen LogP contribution in [0.5, 0.6) is 0 Å². The van der Waals surface area contributed by atoms with Gasteiger partial charge >= 0.3 is 0 Å². The van der Waals surface area contributed by atoms with Crippen LogP contribution >= 0.6 is 0 Å². The van der Waals surface area contributed by atoms with Crippen molar-refractivity contribution in [1.82, 2.24) is 0 Å². The van der Waals surface area contributed by atoms with Gasteiger partial charge in [-0.2, -0.15) is 0 Å². The lowest BCUT2D eigenvalue weighted by Crippen LogP contribution is -2.37. The van der Waals surface area contributed by atoms with Gasteiger partial charge in [-0.3, -0.25) is 9.79 Å². The Kier molecular flexibility index (Phi) is 5.38. The number of rotatable bonds is 7. The Labute approximate surface area is 134 Å². The number of fused-ring (bicyclic) bond motifs is 1. The molecule has 2 rings (SSSR count). The topological polar surface area (TPSA) is 55.5 Å². The van der Waals surface area contributed by atoms with Gasteiger partial charge in [0.25, 0.3) is 0 Å². The van der Waals surface area contributed by atoms with Crippen LogP contribution in [0.4, 0.5) is 0 Å². The Balaban J connectivity index is 2.28. The molecule has 3 heteroatoms. The summed E-state index contributed by atoms with van der Waals surface area (Å²) in [6.45, 7) is 6.44. The molecule has 1 heterocycles. The molecular weight excluding hydrogens is 272 g/mol. The van der Waals surface area contributed by atoms with Crippen LogP contribution in [-0.4, -0.2) is 17.2 Å². The fraction of sp³-hybridized carbons (Fsp3) is 0.579. The van der Waals surface area contributed by atoms with Crippen molar-refractivity contribution in [2.75, 3.05) is 0 Å². The summed E-state index contributed by atoms with van der Waals surface area (Å²) in [5, 5.41) is 0. The predicted molar refractivity (Wildman–Crippen MR) is 92.2 cm³/mol. The van der Waals surface area contributed by atoms with E-state index in [0.29, 0.717) is 0 Å². The third-order valence-electron chi connectivity index (χ3n) is 4.36. The van der Waals surface area contributed by atoms with Crippen LogP contribution < -0.4 is 5.73 Å². The van der Waals surface area contributed by atoms with E-state index >= 15 is 0 Å². The summed E-state index contributed by atoms with van der Waals surface area (Å²) in [5.74, 6) is -0.514. The highest BCUT2D eigenvalue weighted by atomic mass is 16.1. The Morgan fingerprint density at radius 1 is 1.27 bits per heavy atom. The van der Waals surface area contributed by atoms with Crippen LogP contribution in [-0.2, 0) is 11.2 Å². The first-order valence-corrected chi connectivity index (χ1v) is 8.42. The van der Waals surface area contributed by atoms with Crippen molar-refractivity contribution < 1.29 is 4.79 Å². The van der Waals surface area contributed by atoms with E-state index in [0.717, 1.165) is 37.0 Å². The summed E-state index contributed by atoms with van der Waals surface area (Å²) >= 11 is 0. The number of benzene rings is 1. The Morgan fingerprint density at radius 3 is 2.68 bits per heavy atom. The predicted octanol–water partition coefficient (Wildman–Crippen LogP) is 3.88. The third-order valence-corrected chi connectivity index (χ3v) is 4.36. The minimum absolute atomic E-state index is 0.166. The average Bonchev–Trinajstić information content (AvgIpc) is 2.45. The van der Waals surface area contributed by atoms with E-state index in [9.17, 15) is 4.79 Å². The summed E-state index contributed by atoms with van der Waals surface area (Å²) in [5.41, 5.74) is 8.83. The molecule has 0 saturated carbocycles. The van der Waals surface area contributed by atoms with Crippen molar-refractivity contribution in [2.45, 2.75) is 64.8 Å². The first kappa shape index (κ1) is 16.7. The summed E-state index contributed by atoms with van der Waals surface area (Å²) < 4.78 is 0. The second-order valence-electron chi connectivity index (χ2n) is 6.95. The smallest absolute Gasteiger partial charge is 0.226 e. The van der Waals surface area contributed by atoms with Crippen molar-refractivity contribution in [3.63, 3.8) is 0 Å². The molecule has 22 heavy (non-hydrogen) atoms. The van der Waals surface area contributed by atoms with Crippen LogP contribution in [0, 0.1) is 5.92 Å². The van der Waals surface area contributed by atoms with Gasteiger partial charge in [-0.1, -0.05) is 56.9 Å². The lowest BCUT2D eigenvalue weighted by atomic mass is 9.81. The van der Waals surface area contributed by atoms with Gasteiger partial charge in [0.05, 0.1) is 17.2 Å². The largest absolute Gasteiger partial charge is 0.369 e. The average molecular weight is 300 g/mol. The minimum Gasteiger partial charge on any atom is -0.369 e. The molecule has 0 spiro atoms. The highest BCUT2D eigenvalue weighted by Crippen LogP contribution is 2.30.